The third-order valence-corrected chi connectivity index (χ3v) is 4.78. The number of nitrogens with zero attached hydrogens (tertiary/aromatic N) is 4. The van der Waals surface area contributed by atoms with E-state index in [1.165, 1.54) is 0 Å². The van der Waals surface area contributed by atoms with Crippen LogP contribution in [0, 0.1) is 5.92 Å². The number of carbonyl (C=O) groups is 1. The van der Waals surface area contributed by atoms with Crippen LogP contribution in [0.3, 0.4) is 0 Å². The molecular weight excluding hydrogens is 479 g/mol. The molecule has 3 rings (SSSR count). The standard InChI is InChI=1S/C21H30N6O.HI/c1-16(2)15-26-12-10-23-19(26)14-25-21(22-3)24-13-17-6-8-18(9-7-17)27-11-4-5-20(27)28;/h6-10,12,16H,4-5,11,13-15H2,1-3H3,(H2,22,24,25);1H. The molecule has 1 saturated heterocycles. The smallest absolute Gasteiger partial charge is 0.227 e. The van der Waals surface area contributed by atoms with Crippen molar-refractivity contribution in [1.29, 1.82) is 0 Å². The zero-order valence-electron chi connectivity index (χ0n) is 17.4. The van der Waals surface area contributed by atoms with Gasteiger partial charge in [0, 0.05) is 51.2 Å². The molecule has 29 heavy (non-hydrogen) atoms. The molecule has 1 aromatic heterocycles. The van der Waals surface area contributed by atoms with Gasteiger partial charge in [-0.05, 0) is 30.0 Å². The van der Waals surface area contributed by atoms with Gasteiger partial charge in [0.15, 0.2) is 5.96 Å². The van der Waals surface area contributed by atoms with Gasteiger partial charge in [0.2, 0.25) is 5.91 Å². The molecule has 1 aliphatic rings. The number of aromatic nitrogens is 2. The molecule has 0 aliphatic carbocycles. The number of amides is 1. The Kier molecular flexibility index (Phi) is 8.94. The maximum atomic E-state index is 11.8. The second-order valence-electron chi connectivity index (χ2n) is 7.48. The Morgan fingerprint density at radius 1 is 1.21 bits per heavy atom. The van der Waals surface area contributed by atoms with Crippen molar-refractivity contribution in [2.75, 3.05) is 18.5 Å². The van der Waals surface area contributed by atoms with Crippen LogP contribution in [0.15, 0.2) is 41.7 Å². The number of carbonyl (C=O) groups excluding carboxylic acids is 1. The normalized spacial score (nSPS) is 14.3. The number of aliphatic imine (C=N–C) groups is 1. The molecule has 0 atom stereocenters. The molecule has 0 spiro atoms. The summed E-state index contributed by atoms with van der Waals surface area (Å²) in [7, 11) is 1.76. The monoisotopic (exact) mass is 510 g/mol. The molecule has 0 saturated carbocycles. The fraction of sp³-hybridized carbons (Fsp3) is 0.476. The van der Waals surface area contributed by atoms with Gasteiger partial charge in [0.05, 0.1) is 6.54 Å². The summed E-state index contributed by atoms with van der Waals surface area (Å²) in [5.41, 5.74) is 2.12. The predicted molar refractivity (Wildman–Crippen MR) is 128 cm³/mol. The Labute approximate surface area is 190 Å². The number of benzene rings is 1. The van der Waals surface area contributed by atoms with Crippen LogP contribution in [0.5, 0.6) is 0 Å². The number of hydrogen-bond donors (Lipinski definition) is 2. The van der Waals surface area contributed by atoms with E-state index >= 15 is 0 Å². The van der Waals surface area contributed by atoms with Crippen LogP contribution < -0.4 is 15.5 Å². The number of rotatable bonds is 7. The number of halogens is 1. The highest BCUT2D eigenvalue weighted by molar-refractivity contribution is 14.0. The second kappa shape index (κ2) is 11.2. The van der Waals surface area contributed by atoms with Crippen molar-refractivity contribution in [2.24, 2.45) is 10.9 Å². The summed E-state index contributed by atoms with van der Waals surface area (Å²) in [4.78, 5) is 22.4. The van der Waals surface area contributed by atoms with Gasteiger partial charge in [-0.3, -0.25) is 9.79 Å². The van der Waals surface area contributed by atoms with Crippen LogP contribution in [0.25, 0.3) is 0 Å². The van der Waals surface area contributed by atoms with Gasteiger partial charge >= 0.3 is 0 Å². The lowest BCUT2D eigenvalue weighted by molar-refractivity contribution is -0.117. The SMILES string of the molecule is CN=C(NCc1ccc(N2CCCC2=O)cc1)NCc1nccn1CC(C)C.I. The van der Waals surface area contributed by atoms with Crippen molar-refractivity contribution < 1.29 is 4.79 Å². The lowest BCUT2D eigenvalue weighted by atomic mass is 10.2. The highest BCUT2D eigenvalue weighted by Gasteiger charge is 2.21. The van der Waals surface area contributed by atoms with Gasteiger partial charge in [-0.15, -0.1) is 24.0 Å². The third kappa shape index (κ3) is 6.45. The number of hydrogen-bond acceptors (Lipinski definition) is 3. The van der Waals surface area contributed by atoms with E-state index in [0.29, 0.717) is 25.4 Å². The molecule has 1 aromatic carbocycles. The van der Waals surface area contributed by atoms with E-state index in [9.17, 15) is 4.79 Å². The van der Waals surface area contributed by atoms with Crippen molar-refractivity contribution in [3.8, 4) is 0 Å². The highest BCUT2D eigenvalue weighted by Crippen LogP contribution is 2.21. The Morgan fingerprint density at radius 2 is 1.93 bits per heavy atom. The summed E-state index contributed by atoms with van der Waals surface area (Å²) in [5, 5.41) is 6.65. The minimum absolute atomic E-state index is 0. The Balaban J connectivity index is 0.00000300. The van der Waals surface area contributed by atoms with Crippen LogP contribution in [0.1, 0.15) is 38.1 Å². The Hall–Kier alpha value is -2.10. The topological polar surface area (TPSA) is 74.6 Å². The van der Waals surface area contributed by atoms with Gasteiger partial charge in [-0.1, -0.05) is 26.0 Å². The predicted octanol–water partition coefficient (Wildman–Crippen LogP) is 3.15. The van der Waals surface area contributed by atoms with E-state index in [1.807, 2.05) is 29.4 Å². The summed E-state index contributed by atoms with van der Waals surface area (Å²) in [5.74, 6) is 2.52. The van der Waals surface area contributed by atoms with Crippen molar-refractivity contribution in [3.63, 3.8) is 0 Å². The van der Waals surface area contributed by atoms with Gasteiger partial charge in [-0.25, -0.2) is 4.98 Å². The average Bonchev–Trinajstić information content (AvgIpc) is 3.31. The van der Waals surface area contributed by atoms with Crippen LogP contribution in [0.2, 0.25) is 0 Å². The molecule has 2 N–H and O–H groups in total. The molecular formula is C21H31IN6O. The molecule has 1 aliphatic heterocycles. The van der Waals surface area contributed by atoms with E-state index in [1.54, 1.807) is 7.05 Å². The van der Waals surface area contributed by atoms with Crippen molar-refractivity contribution in [2.45, 2.75) is 46.3 Å². The first kappa shape index (κ1) is 23.2. The van der Waals surface area contributed by atoms with Crippen LogP contribution in [0.4, 0.5) is 5.69 Å². The molecule has 1 fully saturated rings. The fourth-order valence-electron chi connectivity index (χ4n) is 3.35. The number of nitrogens with one attached hydrogen (secondary N) is 2. The van der Waals surface area contributed by atoms with E-state index in [0.717, 1.165) is 42.5 Å². The van der Waals surface area contributed by atoms with Gasteiger partial charge in [0.1, 0.15) is 5.82 Å². The average molecular weight is 510 g/mol. The summed E-state index contributed by atoms with van der Waals surface area (Å²) in [6, 6.07) is 8.13. The highest BCUT2D eigenvalue weighted by atomic mass is 127. The minimum atomic E-state index is 0. The third-order valence-electron chi connectivity index (χ3n) is 4.78. The largest absolute Gasteiger partial charge is 0.352 e. The molecule has 1 amide bonds. The number of guanidine groups is 1. The summed E-state index contributed by atoms with van der Waals surface area (Å²) >= 11 is 0. The van der Waals surface area contributed by atoms with Gasteiger partial charge in [0.25, 0.3) is 0 Å². The number of imidazole rings is 1. The molecule has 158 valence electrons. The quantitative estimate of drug-likeness (QED) is 0.341. The van der Waals surface area contributed by atoms with Crippen LogP contribution >= 0.6 is 24.0 Å². The van der Waals surface area contributed by atoms with E-state index < -0.39 is 0 Å². The van der Waals surface area contributed by atoms with Gasteiger partial charge < -0.3 is 20.1 Å². The molecule has 0 bridgehead atoms. The first-order chi connectivity index (χ1) is 13.6. The molecule has 8 heteroatoms. The lowest BCUT2D eigenvalue weighted by Crippen LogP contribution is -2.37. The second-order valence-corrected chi connectivity index (χ2v) is 7.48. The Bertz CT molecular complexity index is 815. The zero-order valence-corrected chi connectivity index (χ0v) is 19.7. The summed E-state index contributed by atoms with van der Waals surface area (Å²) in [6.07, 6.45) is 5.45. The Morgan fingerprint density at radius 3 is 2.55 bits per heavy atom. The molecule has 7 nitrogen and oxygen atoms in total. The molecule has 0 unspecified atom stereocenters. The first-order valence-electron chi connectivity index (χ1n) is 9.90. The van der Waals surface area contributed by atoms with Crippen molar-refractivity contribution in [3.05, 3.63) is 48.0 Å². The molecule has 0 radical (unpaired) electrons. The molecule has 2 aromatic rings. The van der Waals surface area contributed by atoms with Gasteiger partial charge in [-0.2, -0.15) is 0 Å². The number of anilines is 1. The summed E-state index contributed by atoms with van der Waals surface area (Å²) in [6.45, 7) is 7.45. The molecule has 2 heterocycles. The van der Waals surface area contributed by atoms with Crippen LogP contribution in [-0.2, 0) is 24.4 Å². The zero-order chi connectivity index (χ0) is 19.9. The maximum absolute atomic E-state index is 11.8. The van der Waals surface area contributed by atoms with E-state index in [2.05, 4.69) is 51.2 Å². The van der Waals surface area contributed by atoms with E-state index in [-0.39, 0.29) is 29.9 Å². The van der Waals surface area contributed by atoms with Crippen LogP contribution in [-0.4, -0.2) is 35.0 Å². The minimum Gasteiger partial charge on any atom is -0.352 e. The van der Waals surface area contributed by atoms with Crippen molar-refractivity contribution in [1.82, 2.24) is 20.2 Å². The lowest BCUT2D eigenvalue weighted by Gasteiger charge is -2.16. The summed E-state index contributed by atoms with van der Waals surface area (Å²) < 4.78 is 2.17. The van der Waals surface area contributed by atoms with Crippen molar-refractivity contribution >= 4 is 41.5 Å². The first-order valence-corrected chi connectivity index (χ1v) is 9.90. The van der Waals surface area contributed by atoms with E-state index in [4.69, 9.17) is 0 Å². The maximum Gasteiger partial charge on any atom is 0.227 e. The fourth-order valence-corrected chi connectivity index (χ4v) is 3.35.